The fraction of sp³-hybridized carbons (Fsp3) is 0.412. The van der Waals surface area contributed by atoms with Gasteiger partial charge in [0.2, 0.25) is 0 Å². The number of hydrogen-bond donors (Lipinski definition) is 1. The molecule has 3 nitrogen and oxygen atoms in total. The fourth-order valence-electron chi connectivity index (χ4n) is 3.86. The number of nitrogens with one attached hydrogen (secondary N) is 1. The molecule has 1 spiro atoms. The number of benzene rings is 1. The van der Waals surface area contributed by atoms with Crippen LogP contribution < -0.4 is 5.32 Å². The lowest BCUT2D eigenvalue weighted by Gasteiger charge is -2.42. The lowest BCUT2D eigenvalue weighted by Crippen LogP contribution is -2.51. The number of aromatic nitrogens is 1. The molecule has 3 heterocycles. The van der Waals surface area contributed by atoms with E-state index in [-0.39, 0.29) is 11.4 Å². The van der Waals surface area contributed by atoms with Crippen LogP contribution in [0.5, 0.6) is 0 Å². The van der Waals surface area contributed by atoms with Crippen molar-refractivity contribution in [2.45, 2.75) is 25.0 Å². The SMILES string of the molecule is Fc1cc(I)ccc1CN1Cc2cccn2C2(CCNC2)C1. The van der Waals surface area contributed by atoms with Gasteiger partial charge in [-0.2, -0.15) is 0 Å². The molecule has 0 bridgehead atoms. The third-order valence-electron chi connectivity index (χ3n) is 4.88. The first kappa shape index (κ1) is 14.7. The molecule has 2 aromatic rings. The Kier molecular flexibility index (Phi) is 3.74. The van der Waals surface area contributed by atoms with Gasteiger partial charge in [0.1, 0.15) is 5.82 Å². The molecule has 22 heavy (non-hydrogen) atoms. The Hall–Kier alpha value is -0.920. The van der Waals surface area contributed by atoms with Gasteiger partial charge in [0.25, 0.3) is 0 Å². The van der Waals surface area contributed by atoms with Gasteiger partial charge in [-0.05, 0) is 59.8 Å². The van der Waals surface area contributed by atoms with Crippen LogP contribution in [-0.2, 0) is 18.6 Å². The van der Waals surface area contributed by atoms with Crippen molar-refractivity contribution >= 4 is 22.6 Å². The first-order valence-corrected chi connectivity index (χ1v) is 8.78. The maximum Gasteiger partial charge on any atom is 0.128 e. The molecule has 2 aliphatic heterocycles. The van der Waals surface area contributed by atoms with E-state index in [1.807, 2.05) is 12.1 Å². The van der Waals surface area contributed by atoms with Crippen LogP contribution >= 0.6 is 22.6 Å². The van der Waals surface area contributed by atoms with Crippen molar-refractivity contribution in [3.05, 3.63) is 57.2 Å². The van der Waals surface area contributed by atoms with Crippen molar-refractivity contribution in [2.75, 3.05) is 19.6 Å². The average Bonchev–Trinajstić information content (AvgIpc) is 3.12. The normalized spacial score (nSPS) is 24.8. The second-order valence-corrected chi connectivity index (χ2v) is 7.65. The molecule has 4 rings (SSSR count). The Balaban J connectivity index is 1.62. The van der Waals surface area contributed by atoms with E-state index in [4.69, 9.17) is 0 Å². The van der Waals surface area contributed by atoms with Gasteiger partial charge >= 0.3 is 0 Å². The van der Waals surface area contributed by atoms with Crippen molar-refractivity contribution in [3.8, 4) is 0 Å². The summed E-state index contributed by atoms with van der Waals surface area (Å²) >= 11 is 2.15. The second kappa shape index (κ2) is 5.62. The van der Waals surface area contributed by atoms with Gasteiger partial charge in [0, 0.05) is 47.2 Å². The summed E-state index contributed by atoms with van der Waals surface area (Å²) < 4.78 is 17.5. The zero-order chi connectivity index (χ0) is 15.2. The Bertz CT molecular complexity index is 691. The first-order valence-electron chi connectivity index (χ1n) is 7.70. The molecule has 1 unspecified atom stereocenters. The van der Waals surface area contributed by atoms with Gasteiger partial charge in [0.05, 0.1) is 5.54 Å². The van der Waals surface area contributed by atoms with Crippen LogP contribution in [0.25, 0.3) is 0 Å². The molecule has 1 N–H and O–H groups in total. The van der Waals surface area contributed by atoms with E-state index >= 15 is 0 Å². The van der Waals surface area contributed by atoms with Gasteiger partial charge in [-0.1, -0.05) is 6.07 Å². The first-order chi connectivity index (χ1) is 10.7. The highest BCUT2D eigenvalue weighted by Gasteiger charge is 2.41. The van der Waals surface area contributed by atoms with E-state index in [0.29, 0.717) is 6.54 Å². The number of halogens is 2. The van der Waals surface area contributed by atoms with Gasteiger partial charge in [-0.3, -0.25) is 4.90 Å². The zero-order valence-corrected chi connectivity index (χ0v) is 14.5. The highest BCUT2D eigenvalue weighted by molar-refractivity contribution is 14.1. The minimum absolute atomic E-state index is 0.0912. The predicted molar refractivity (Wildman–Crippen MR) is 93.1 cm³/mol. The molecule has 0 amide bonds. The summed E-state index contributed by atoms with van der Waals surface area (Å²) in [6.45, 7) is 4.60. The molecule has 5 heteroatoms. The maximum atomic E-state index is 14.2. The molecule has 0 aliphatic carbocycles. The molecule has 116 valence electrons. The van der Waals surface area contributed by atoms with Gasteiger partial charge in [-0.25, -0.2) is 4.39 Å². The topological polar surface area (TPSA) is 20.2 Å². The van der Waals surface area contributed by atoms with Crippen LogP contribution in [0, 0.1) is 9.39 Å². The lowest BCUT2D eigenvalue weighted by atomic mass is 9.94. The van der Waals surface area contributed by atoms with Crippen LogP contribution in [0.4, 0.5) is 4.39 Å². The molecule has 1 atom stereocenters. The van der Waals surface area contributed by atoms with Gasteiger partial charge in [-0.15, -0.1) is 0 Å². The molecule has 1 aromatic heterocycles. The number of rotatable bonds is 2. The molecule has 2 aliphatic rings. The Morgan fingerprint density at radius 2 is 2.23 bits per heavy atom. The number of fused-ring (bicyclic) bond motifs is 2. The monoisotopic (exact) mass is 411 g/mol. The fourth-order valence-corrected chi connectivity index (χ4v) is 4.31. The van der Waals surface area contributed by atoms with Crippen LogP contribution in [0.15, 0.2) is 36.5 Å². The van der Waals surface area contributed by atoms with E-state index in [2.05, 4.69) is 55.7 Å². The molecule has 1 aromatic carbocycles. The molecular formula is C17H19FIN3. The highest BCUT2D eigenvalue weighted by Crippen LogP contribution is 2.33. The van der Waals surface area contributed by atoms with Crippen molar-refractivity contribution < 1.29 is 4.39 Å². The van der Waals surface area contributed by atoms with Crippen molar-refractivity contribution in [2.24, 2.45) is 0 Å². The van der Waals surface area contributed by atoms with Crippen LogP contribution in [0.2, 0.25) is 0 Å². The van der Waals surface area contributed by atoms with Crippen LogP contribution in [-0.4, -0.2) is 29.1 Å². The third-order valence-corrected chi connectivity index (χ3v) is 5.55. The summed E-state index contributed by atoms with van der Waals surface area (Å²) in [4.78, 5) is 2.38. The second-order valence-electron chi connectivity index (χ2n) is 6.40. The van der Waals surface area contributed by atoms with Crippen molar-refractivity contribution in [1.82, 2.24) is 14.8 Å². The minimum atomic E-state index is -0.0912. The molecule has 1 saturated heterocycles. The van der Waals surface area contributed by atoms with Crippen LogP contribution in [0.3, 0.4) is 0 Å². The Labute approximate surface area is 143 Å². The van der Waals surface area contributed by atoms with E-state index in [0.717, 1.165) is 41.7 Å². The summed E-state index contributed by atoms with van der Waals surface area (Å²) in [7, 11) is 0. The average molecular weight is 411 g/mol. The van der Waals surface area contributed by atoms with Crippen molar-refractivity contribution in [3.63, 3.8) is 0 Å². The highest BCUT2D eigenvalue weighted by atomic mass is 127. The molecule has 0 saturated carbocycles. The predicted octanol–water partition coefficient (Wildman–Crippen LogP) is 2.94. The van der Waals surface area contributed by atoms with Gasteiger partial charge < -0.3 is 9.88 Å². The summed E-state index contributed by atoms with van der Waals surface area (Å²) in [5, 5.41) is 3.49. The smallest absolute Gasteiger partial charge is 0.128 e. The molecular weight excluding hydrogens is 392 g/mol. The lowest BCUT2D eigenvalue weighted by molar-refractivity contribution is 0.113. The molecule has 1 fully saturated rings. The van der Waals surface area contributed by atoms with Gasteiger partial charge in [0.15, 0.2) is 0 Å². The summed E-state index contributed by atoms with van der Waals surface area (Å²) in [5.41, 5.74) is 2.26. The summed E-state index contributed by atoms with van der Waals surface area (Å²) in [6.07, 6.45) is 3.34. The Morgan fingerprint density at radius 1 is 1.32 bits per heavy atom. The van der Waals surface area contributed by atoms with E-state index in [9.17, 15) is 4.39 Å². The largest absolute Gasteiger partial charge is 0.342 e. The Morgan fingerprint density at radius 3 is 3.00 bits per heavy atom. The van der Waals surface area contributed by atoms with Crippen molar-refractivity contribution in [1.29, 1.82) is 0 Å². The van der Waals surface area contributed by atoms with E-state index < -0.39 is 0 Å². The standard InChI is InChI=1S/C17H19FIN3/c18-16-8-14(19)4-3-13(16)9-21-10-15-2-1-7-22(15)17(12-21)5-6-20-11-17/h1-4,7-8,20H,5-6,9-12H2. The quantitative estimate of drug-likeness (QED) is 0.768. The zero-order valence-electron chi connectivity index (χ0n) is 12.4. The summed E-state index contributed by atoms with van der Waals surface area (Å²) in [5.74, 6) is -0.0912. The maximum absolute atomic E-state index is 14.2. The number of nitrogens with zero attached hydrogens (tertiary/aromatic N) is 2. The minimum Gasteiger partial charge on any atom is -0.342 e. The van der Waals surface area contributed by atoms with E-state index in [1.165, 1.54) is 5.69 Å². The van der Waals surface area contributed by atoms with E-state index in [1.54, 1.807) is 6.07 Å². The summed E-state index contributed by atoms with van der Waals surface area (Å²) in [6, 6.07) is 9.85. The number of hydrogen-bond acceptors (Lipinski definition) is 2. The van der Waals surface area contributed by atoms with Crippen LogP contribution in [0.1, 0.15) is 17.7 Å². The third kappa shape index (κ3) is 2.49. The molecule has 0 radical (unpaired) electrons.